The summed E-state index contributed by atoms with van der Waals surface area (Å²) < 4.78 is 12.7. The first-order chi connectivity index (χ1) is 13.2. The molecule has 2 aromatic carbocycles. The molecule has 144 valence electrons. The van der Waals surface area contributed by atoms with Crippen LogP contribution in [-0.4, -0.2) is 44.8 Å². The van der Waals surface area contributed by atoms with Gasteiger partial charge < -0.3 is 14.8 Å². The molecule has 2 unspecified atom stereocenters. The molecule has 0 saturated carbocycles. The molecule has 2 atom stereocenters. The van der Waals surface area contributed by atoms with Crippen molar-refractivity contribution in [2.45, 2.75) is 25.0 Å². The van der Waals surface area contributed by atoms with Gasteiger partial charge in [0, 0.05) is 36.7 Å². The molecule has 0 radical (unpaired) electrons. The van der Waals surface area contributed by atoms with E-state index in [-0.39, 0.29) is 6.10 Å². The van der Waals surface area contributed by atoms with E-state index in [4.69, 9.17) is 9.47 Å². The molecule has 1 saturated heterocycles. The van der Waals surface area contributed by atoms with Crippen LogP contribution in [0, 0.1) is 0 Å². The summed E-state index contributed by atoms with van der Waals surface area (Å²) in [6, 6.07) is 15.5. The van der Waals surface area contributed by atoms with E-state index in [0.29, 0.717) is 6.04 Å². The molecule has 4 rings (SSSR count). The van der Waals surface area contributed by atoms with E-state index in [1.54, 1.807) is 7.11 Å². The lowest BCUT2D eigenvalue weighted by atomic mass is 9.90. The number of benzene rings is 2. The number of nitrogens with one attached hydrogen (secondary N) is 1. The van der Waals surface area contributed by atoms with Crippen molar-refractivity contribution >= 4 is 15.9 Å². The molecule has 2 aliphatic rings. The van der Waals surface area contributed by atoms with Gasteiger partial charge >= 0.3 is 0 Å². The van der Waals surface area contributed by atoms with Gasteiger partial charge in [-0.15, -0.1) is 0 Å². The Morgan fingerprint density at radius 3 is 2.70 bits per heavy atom. The number of hydrogen-bond acceptors (Lipinski definition) is 4. The number of nitrogens with zero attached hydrogens (tertiary/aromatic N) is 1. The van der Waals surface area contributed by atoms with Crippen molar-refractivity contribution in [3.05, 3.63) is 63.6 Å². The van der Waals surface area contributed by atoms with Gasteiger partial charge in [-0.05, 0) is 53.8 Å². The lowest BCUT2D eigenvalue weighted by Gasteiger charge is -2.38. The number of rotatable bonds is 5. The molecule has 27 heavy (non-hydrogen) atoms. The lowest BCUT2D eigenvalue weighted by molar-refractivity contribution is 0.0119. The third-order valence-corrected chi connectivity index (χ3v) is 6.17. The van der Waals surface area contributed by atoms with Crippen LogP contribution in [0.1, 0.15) is 35.3 Å². The first kappa shape index (κ1) is 18.9. The summed E-state index contributed by atoms with van der Waals surface area (Å²) in [6.45, 7) is 5.02. The molecule has 2 aromatic rings. The maximum atomic E-state index is 6.25. The van der Waals surface area contributed by atoms with Gasteiger partial charge in [-0.2, -0.15) is 0 Å². The van der Waals surface area contributed by atoms with Crippen molar-refractivity contribution < 1.29 is 9.47 Å². The number of halogens is 1. The second kappa shape index (κ2) is 8.74. The zero-order valence-electron chi connectivity index (χ0n) is 15.8. The largest absolute Gasteiger partial charge is 0.497 e. The number of fused-ring (bicyclic) bond motifs is 1. The summed E-state index contributed by atoms with van der Waals surface area (Å²) in [6.07, 6.45) is 2.11. The molecule has 4 nitrogen and oxygen atoms in total. The van der Waals surface area contributed by atoms with Crippen molar-refractivity contribution in [3.63, 3.8) is 0 Å². The van der Waals surface area contributed by atoms with E-state index in [2.05, 4.69) is 68.6 Å². The van der Waals surface area contributed by atoms with Gasteiger partial charge in [0.25, 0.3) is 0 Å². The Morgan fingerprint density at radius 2 is 1.96 bits per heavy atom. The van der Waals surface area contributed by atoms with E-state index in [0.717, 1.165) is 55.8 Å². The minimum atomic E-state index is 0.142. The molecule has 5 heteroatoms. The van der Waals surface area contributed by atoms with Gasteiger partial charge in [0.15, 0.2) is 0 Å². The molecule has 1 N–H and O–H groups in total. The van der Waals surface area contributed by atoms with Crippen LogP contribution < -0.4 is 10.1 Å². The predicted molar refractivity (Wildman–Crippen MR) is 111 cm³/mol. The summed E-state index contributed by atoms with van der Waals surface area (Å²) in [7, 11) is 1.72. The standard InChI is InChI=1S/C22H27BrN2O2/c1-26-19-5-2-16(3-6-19)21(25-11-9-24-10-12-25)15-22-20-7-4-18(23)14-17(20)8-13-27-22/h2-7,14,21-22,24H,8-13,15H2,1H3. The van der Waals surface area contributed by atoms with E-state index in [1.807, 2.05) is 0 Å². The minimum Gasteiger partial charge on any atom is -0.497 e. The van der Waals surface area contributed by atoms with E-state index < -0.39 is 0 Å². The SMILES string of the molecule is COc1ccc(C(CC2OCCc3cc(Br)ccc32)N2CCNCC2)cc1. The van der Waals surface area contributed by atoms with Crippen LogP contribution in [0.15, 0.2) is 46.9 Å². The van der Waals surface area contributed by atoms with E-state index in [9.17, 15) is 0 Å². The van der Waals surface area contributed by atoms with Gasteiger partial charge in [0.1, 0.15) is 5.75 Å². The zero-order valence-corrected chi connectivity index (χ0v) is 17.4. The average molecular weight is 431 g/mol. The Bertz CT molecular complexity index is 759. The quantitative estimate of drug-likeness (QED) is 0.773. The van der Waals surface area contributed by atoms with Crippen LogP contribution in [0.5, 0.6) is 5.75 Å². The van der Waals surface area contributed by atoms with Crippen molar-refractivity contribution in [1.82, 2.24) is 10.2 Å². The summed E-state index contributed by atoms with van der Waals surface area (Å²) in [4.78, 5) is 2.59. The van der Waals surface area contributed by atoms with Crippen LogP contribution in [0.3, 0.4) is 0 Å². The summed E-state index contributed by atoms with van der Waals surface area (Å²) in [5.41, 5.74) is 4.10. The normalized spacial score (nSPS) is 21.5. The van der Waals surface area contributed by atoms with Crippen LogP contribution >= 0.6 is 15.9 Å². The molecular weight excluding hydrogens is 404 g/mol. The molecule has 0 bridgehead atoms. The van der Waals surface area contributed by atoms with E-state index >= 15 is 0 Å². The fourth-order valence-electron chi connectivity index (χ4n) is 4.22. The fraction of sp³-hybridized carbons (Fsp3) is 0.455. The van der Waals surface area contributed by atoms with Gasteiger partial charge in [-0.25, -0.2) is 0 Å². The lowest BCUT2D eigenvalue weighted by Crippen LogP contribution is -2.45. The van der Waals surface area contributed by atoms with Gasteiger partial charge in [-0.1, -0.05) is 34.1 Å². The van der Waals surface area contributed by atoms with Crippen LogP contribution in [-0.2, 0) is 11.2 Å². The molecular formula is C22H27BrN2O2. The Labute approximate surface area is 170 Å². The first-order valence-electron chi connectivity index (χ1n) is 9.73. The second-order valence-corrected chi connectivity index (χ2v) is 8.18. The maximum Gasteiger partial charge on any atom is 0.118 e. The monoisotopic (exact) mass is 430 g/mol. The molecule has 2 heterocycles. The second-order valence-electron chi connectivity index (χ2n) is 7.26. The average Bonchev–Trinajstić information content (AvgIpc) is 2.72. The highest BCUT2D eigenvalue weighted by molar-refractivity contribution is 9.10. The molecule has 1 fully saturated rings. The van der Waals surface area contributed by atoms with Gasteiger partial charge in [0.05, 0.1) is 19.8 Å². The molecule has 0 aromatic heterocycles. The molecule has 0 aliphatic carbocycles. The van der Waals surface area contributed by atoms with E-state index in [1.165, 1.54) is 16.7 Å². The highest BCUT2D eigenvalue weighted by atomic mass is 79.9. The third kappa shape index (κ3) is 4.37. The molecule has 0 spiro atoms. The van der Waals surface area contributed by atoms with Crippen molar-refractivity contribution in [2.24, 2.45) is 0 Å². The smallest absolute Gasteiger partial charge is 0.118 e. The van der Waals surface area contributed by atoms with Gasteiger partial charge in [-0.3, -0.25) is 4.90 Å². The predicted octanol–water partition coefficient (Wildman–Crippen LogP) is 4.11. The number of methoxy groups -OCH3 is 1. The van der Waals surface area contributed by atoms with Crippen molar-refractivity contribution in [1.29, 1.82) is 0 Å². The maximum absolute atomic E-state index is 6.25. The Hall–Kier alpha value is -1.40. The molecule has 0 amide bonds. The number of hydrogen-bond donors (Lipinski definition) is 1. The number of ether oxygens (including phenoxy) is 2. The topological polar surface area (TPSA) is 33.7 Å². The highest BCUT2D eigenvalue weighted by Crippen LogP contribution is 2.38. The first-order valence-corrected chi connectivity index (χ1v) is 10.5. The van der Waals surface area contributed by atoms with Crippen molar-refractivity contribution in [2.75, 3.05) is 39.9 Å². The summed E-state index contributed by atoms with van der Waals surface area (Å²) in [5, 5.41) is 3.47. The Kier molecular flexibility index (Phi) is 6.13. The summed E-state index contributed by atoms with van der Waals surface area (Å²) >= 11 is 3.61. The van der Waals surface area contributed by atoms with Crippen LogP contribution in [0.25, 0.3) is 0 Å². The number of piperazine rings is 1. The minimum absolute atomic E-state index is 0.142. The highest BCUT2D eigenvalue weighted by Gasteiger charge is 2.29. The van der Waals surface area contributed by atoms with Crippen LogP contribution in [0.4, 0.5) is 0 Å². The Balaban J connectivity index is 1.61. The van der Waals surface area contributed by atoms with Crippen LogP contribution in [0.2, 0.25) is 0 Å². The van der Waals surface area contributed by atoms with Gasteiger partial charge in [0.2, 0.25) is 0 Å². The summed E-state index contributed by atoms with van der Waals surface area (Å²) in [5.74, 6) is 0.905. The zero-order chi connectivity index (χ0) is 18.6. The fourth-order valence-corrected chi connectivity index (χ4v) is 4.63. The third-order valence-electron chi connectivity index (χ3n) is 5.67. The van der Waals surface area contributed by atoms with Crippen molar-refractivity contribution in [3.8, 4) is 5.75 Å². The Morgan fingerprint density at radius 1 is 1.19 bits per heavy atom. The molecule has 2 aliphatic heterocycles.